The normalized spacial score (nSPS) is 11.4. The Morgan fingerprint density at radius 1 is 0.935 bits per heavy atom. The third kappa shape index (κ3) is 4.83. The summed E-state index contributed by atoms with van der Waals surface area (Å²) in [7, 11) is 0. The topological polar surface area (TPSA) is 115 Å². The van der Waals surface area contributed by atoms with Crippen LogP contribution in [0.5, 0.6) is 11.6 Å². The van der Waals surface area contributed by atoms with Gasteiger partial charge in [0, 0.05) is 17.3 Å². The van der Waals surface area contributed by atoms with Crippen molar-refractivity contribution in [2.45, 2.75) is 6.18 Å². The lowest BCUT2D eigenvalue weighted by Gasteiger charge is -2.09. The minimum Gasteiger partial charge on any atom is -0.438 e. The van der Waals surface area contributed by atoms with E-state index in [2.05, 4.69) is 30.7 Å². The van der Waals surface area contributed by atoms with Crippen molar-refractivity contribution >= 4 is 29.1 Å². The first-order valence-corrected chi connectivity index (χ1v) is 9.10. The predicted octanol–water partition coefficient (Wildman–Crippen LogP) is 5.05. The van der Waals surface area contributed by atoms with Crippen LogP contribution in [-0.2, 0) is 6.18 Å². The third-order valence-electron chi connectivity index (χ3n) is 4.03. The first kappa shape index (κ1) is 20.4. The summed E-state index contributed by atoms with van der Waals surface area (Å²) in [5, 5.41) is 17.9. The fourth-order valence-corrected chi connectivity index (χ4v) is 2.81. The highest BCUT2D eigenvalue weighted by Gasteiger charge is 2.33. The van der Waals surface area contributed by atoms with Crippen LogP contribution < -0.4 is 15.8 Å². The van der Waals surface area contributed by atoms with Crippen molar-refractivity contribution in [3.63, 3.8) is 0 Å². The second-order valence-electron chi connectivity index (χ2n) is 6.26. The molecule has 8 nitrogen and oxygen atoms in total. The zero-order chi connectivity index (χ0) is 22.0. The number of aromatic nitrogens is 5. The molecule has 0 fully saturated rings. The summed E-state index contributed by atoms with van der Waals surface area (Å²) < 4.78 is 44.7. The van der Waals surface area contributed by atoms with Gasteiger partial charge in [-0.25, -0.2) is 0 Å². The summed E-state index contributed by atoms with van der Waals surface area (Å²) in [5.41, 5.74) is 5.38. The van der Waals surface area contributed by atoms with Gasteiger partial charge in [0.1, 0.15) is 11.6 Å². The van der Waals surface area contributed by atoms with Gasteiger partial charge < -0.3 is 20.8 Å². The Kier molecular flexibility index (Phi) is 5.34. The lowest BCUT2D eigenvalue weighted by Crippen LogP contribution is -2.06. The molecule has 158 valence electrons. The quantitative estimate of drug-likeness (QED) is 0.392. The van der Waals surface area contributed by atoms with Gasteiger partial charge in [-0.05, 0) is 48.5 Å². The highest BCUT2D eigenvalue weighted by molar-refractivity contribution is 6.31. The average Bonchev–Trinajstić information content (AvgIpc) is 3.19. The van der Waals surface area contributed by atoms with Crippen molar-refractivity contribution < 1.29 is 17.9 Å². The minimum atomic E-state index is -4.57. The molecule has 0 spiro atoms. The van der Waals surface area contributed by atoms with Gasteiger partial charge in [0.15, 0.2) is 5.82 Å². The SMILES string of the molecule is Nc1ccc(Oc2ccc(Nc3nnc(-c4ccc(Cl)c(C(F)(F)F)c4)[nH]3)cc2)nn1. The molecular formula is C19H13ClF3N7O. The van der Waals surface area contributed by atoms with Gasteiger partial charge in [0.05, 0.1) is 10.6 Å². The van der Waals surface area contributed by atoms with E-state index in [9.17, 15) is 13.2 Å². The first-order valence-electron chi connectivity index (χ1n) is 8.72. The fraction of sp³-hybridized carbons (Fsp3) is 0.0526. The number of rotatable bonds is 5. The number of nitrogen functional groups attached to an aromatic ring is 1. The molecule has 0 radical (unpaired) electrons. The summed E-state index contributed by atoms with van der Waals surface area (Å²) in [4.78, 5) is 2.83. The Bertz CT molecular complexity index is 1190. The number of H-pyrrole nitrogens is 1. The van der Waals surface area contributed by atoms with Crippen LogP contribution in [0.15, 0.2) is 54.6 Å². The van der Waals surface area contributed by atoms with Crippen LogP contribution in [0.3, 0.4) is 0 Å². The van der Waals surface area contributed by atoms with E-state index in [4.69, 9.17) is 22.1 Å². The van der Waals surface area contributed by atoms with Gasteiger partial charge >= 0.3 is 6.18 Å². The molecule has 31 heavy (non-hydrogen) atoms. The monoisotopic (exact) mass is 447 g/mol. The zero-order valence-electron chi connectivity index (χ0n) is 15.5. The van der Waals surface area contributed by atoms with Gasteiger partial charge in [0.25, 0.3) is 0 Å². The molecule has 0 aliphatic rings. The Morgan fingerprint density at radius 2 is 1.71 bits per heavy atom. The molecule has 4 rings (SSSR count). The summed E-state index contributed by atoms with van der Waals surface area (Å²) >= 11 is 5.65. The van der Waals surface area contributed by atoms with Gasteiger partial charge in [0.2, 0.25) is 11.8 Å². The number of nitrogens with one attached hydrogen (secondary N) is 2. The average molecular weight is 448 g/mol. The van der Waals surface area contributed by atoms with E-state index in [1.165, 1.54) is 12.1 Å². The fourth-order valence-electron chi connectivity index (χ4n) is 2.59. The standard InChI is InChI=1S/C19H13ClF3N7O/c20-14-6-1-10(9-13(14)19(21,22)23)17-26-18(30-29-17)25-11-2-4-12(5-3-11)31-16-8-7-15(24)27-28-16/h1-9H,(H2,24,27)(H2,25,26,29,30). The molecule has 4 N–H and O–H groups in total. The summed E-state index contributed by atoms with van der Waals surface area (Å²) in [6.07, 6.45) is -4.57. The first-order chi connectivity index (χ1) is 14.8. The van der Waals surface area contributed by atoms with Gasteiger partial charge in [-0.2, -0.15) is 13.2 Å². The van der Waals surface area contributed by atoms with Crippen LogP contribution in [0.2, 0.25) is 5.02 Å². The van der Waals surface area contributed by atoms with E-state index in [1.54, 1.807) is 36.4 Å². The number of nitrogens with zero attached hydrogens (tertiary/aromatic N) is 4. The van der Waals surface area contributed by atoms with E-state index in [0.29, 0.717) is 11.4 Å². The molecule has 2 aromatic carbocycles. The van der Waals surface area contributed by atoms with Crippen LogP contribution >= 0.6 is 11.6 Å². The van der Waals surface area contributed by atoms with Gasteiger partial charge in [-0.15, -0.1) is 20.4 Å². The van der Waals surface area contributed by atoms with E-state index >= 15 is 0 Å². The van der Waals surface area contributed by atoms with E-state index in [1.807, 2.05) is 0 Å². The number of nitrogens with two attached hydrogens (primary N) is 1. The summed E-state index contributed by atoms with van der Waals surface area (Å²) in [6, 6.07) is 13.5. The van der Waals surface area contributed by atoms with Crippen molar-refractivity contribution in [1.82, 2.24) is 25.4 Å². The molecule has 0 saturated heterocycles. The summed E-state index contributed by atoms with van der Waals surface area (Å²) in [6.45, 7) is 0. The molecule has 4 aromatic rings. The summed E-state index contributed by atoms with van der Waals surface area (Å²) in [5.74, 6) is 1.49. The van der Waals surface area contributed by atoms with Gasteiger partial charge in [-0.3, -0.25) is 0 Å². The lowest BCUT2D eigenvalue weighted by molar-refractivity contribution is -0.137. The second-order valence-corrected chi connectivity index (χ2v) is 6.67. The Morgan fingerprint density at radius 3 is 2.39 bits per heavy atom. The molecule has 0 aliphatic carbocycles. The second kappa shape index (κ2) is 8.11. The van der Waals surface area contributed by atoms with Crippen LogP contribution in [0.4, 0.5) is 30.6 Å². The third-order valence-corrected chi connectivity index (χ3v) is 4.36. The van der Waals surface area contributed by atoms with Crippen LogP contribution in [0, 0.1) is 0 Å². The number of benzene rings is 2. The number of hydrogen-bond donors (Lipinski definition) is 3. The van der Waals surface area contributed by atoms with E-state index < -0.39 is 11.7 Å². The van der Waals surface area contributed by atoms with Crippen LogP contribution in [0.25, 0.3) is 11.4 Å². The number of hydrogen-bond acceptors (Lipinski definition) is 7. The highest BCUT2D eigenvalue weighted by Crippen LogP contribution is 2.36. The molecule has 0 atom stereocenters. The highest BCUT2D eigenvalue weighted by atomic mass is 35.5. The lowest BCUT2D eigenvalue weighted by atomic mass is 10.1. The predicted molar refractivity (Wildman–Crippen MR) is 108 cm³/mol. The molecule has 0 aliphatic heterocycles. The number of anilines is 3. The van der Waals surface area contributed by atoms with Crippen molar-refractivity contribution in [2.24, 2.45) is 0 Å². The maximum Gasteiger partial charge on any atom is 0.417 e. The zero-order valence-corrected chi connectivity index (χ0v) is 16.2. The van der Waals surface area contributed by atoms with Crippen molar-refractivity contribution in [2.75, 3.05) is 11.1 Å². The maximum absolute atomic E-state index is 13.1. The molecule has 12 heteroatoms. The van der Waals surface area contributed by atoms with Crippen LogP contribution in [0.1, 0.15) is 5.56 Å². The molecule has 0 saturated carbocycles. The molecule has 0 unspecified atom stereocenters. The number of ether oxygens (including phenoxy) is 1. The van der Waals surface area contributed by atoms with Crippen molar-refractivity contribution in [3.05, 3.63) is 65.2 Å². The largest absolute Gasteiger partial charge is 0.438 e. The maximum atomic E-state index is 13.1. The smallest absolute Gasteiger partial charge is 0.417 e. The number of aromatic amines is 1. The van der Waals surface area contributed by atoms with Crippen molar-refractivity contribution in [3.8, 4) is 23.0 Å². The molecule has 0 bridgehead atoms. The minimum absolute atomic E-state index is 0.159. The molecule has 2 aromatic heterocycles. The van der Waals surface area contributed by atoms with Crippen molar-refractivity contribution in [1.29, 1.82) is 0 Å². The number of halogens is 4. The molecule has 2 heterocycles. The van der Waals surface area contributed by atoms with Gasteiger partial charge in [-0.1, -0.05) is 11.6 Å². The molecular weight excluding hydrogens is 435 g/mol. The van der Waals surface area contributed by atoms with Crippen LogP contribution in [-0.4, -0.2) is 25.4 Å². The Balaban J connectivity index is 1.46. The van der Waals surface area contributed by atoms with E-state index in [0.717, 1.165) is 6.07 Å². The van der Waals surface area contributed by atoms with E-state index in [-0.39, 0.29) is 34.1 Å². The Hall–Kier alpha value is -3.86. The Labute approximate surface area is 178 Å². The number of alkyl halides is 3. The molecule has 0 amide bonds.